The summed E-state index contributed by atoms with van der Waals surface area (Å²) in [6.07, 6.45) is 0. The van der Waals surface area contributed by atoms with Crippen LogP contribution in [0.3, 0.4) is 0 Å². The second-order valence-electron chi connectivity index (χ2n) is 5.84. The van der Waals surface area contributed by atoms with E-state index in [1.165, 1.54) is 19.1 Å². The number of hydrogen-bond donors (Lipinski definition) is 4. The second-order valence-corrected chi connectivity index (χ2v) is 7.23. The summed E-state index contributed by atoms with van der Waals surface area (Å²) in [5.74, 6) is -0.609. The molecule has 1 amide bonds. The SMILES string of the molecule is Cc1c(S(=O)(=O)O)cc2cc(NC(=O)c3ccc(N)cc3)ccc2c1O. The molecule has 5 N–H and O–H groups in total. The van der Waals surface area contributed by atoms with Crippen LogP contribution in [-0.4, -0.2) is 24.0 Å². The Bertz CT molecular complexity index is 1120. The number of hydrogen-bond acceptors (Lipinski definition) is 5. The zero-order chi connectivity index (χ0) is 19.1. The number of nitrogens with two attached hydrogens (primary N) is 1. The van der Waals surface area contributed by atoms with E-state index >= 15 is 0 Å². The van der Waals surface area contributed by atoms with Gasteiger partial charge in [0, 0.05) is 27.9 Å². The Kier molecular flexibility index (Phi) is 4.31. The summed E-state index contributed by atoms with van der Waals surface area (Å²) in [5.41, 5.74) is 7.00. The molecule has 0 unspecified atom stereocenters. The number of fused-ring (bicyclic) bond motifs is 1. The van der Waals surface area contributed by atoms with Gasteiger partial charge in [0.15, 0.2) is 0 Å². The van der Waals surface area contributed by atoms with E-state index in [2.05, 4.69) is 5.32 Å². The maximum atomic E-state index is 12.3. The Labute approximate surface area is 149 Å². The van der Waals surface area contributed by atoms with E-state index in [0.717, 1.165) is 0 Å². The fraction of sp³-hybridized carbons (Fsp3) is 0.0556. The molecular weight excluding hydrogens is 356 g/mol. The van der Waals surface area contributed by atoms with Crippen molar-refractivity contribution in [2.24, 2.45) is 0 Å². The van der Waals surface area contributed by atoms with Crippen LogP contribution in [0.15, 0.2) is 53.4 Å². The summed E-state index contributed by atoms with van der Waals surface area (Å²) in [5, 5.41) is 13.7. The van der Waals surface area contributed by atoms with Gasteiger partial charge in [-0.05, 0) is 60.8 Å². The normalized spacial score (nSPS) is 11.5. The summed E-state index contributed by atoms with van der Waals surface area (Å²) >= 11 is 0. The standard InChI is InChI=1S/C18H16N2O5S/c1-10-16(26(23,24)25)9-12-8-14(6-7-15(12)17(10)21)20-18(22)11-2-4-13(19)5-3-11/h2-9,21H,19H2,1H3,(H,20,22)(H,23,24,25). The van der Waals surface area contributed by atoms with Gasteiger partial charge in [-0.15, -0.1) is 0 Å². The van der Waals surface area contributed by atoms with E-state index < -0.39 is 10.1 Å². The van der Waals surface area contributed by atoms with Gasteiger partial charge in [0.05, 0.1) is 0 Å². The molecule has 0 bridgehead atoms. The van der Waals surface area contributed by atoms with Crippen LogP contribution in [0, 0.1) is 6.92 Å². The fourth-order valence-corrected chi connectivity index (χ4v) is 3.41. The molecule has 0 saturated heterocycles. The molecule has 3 rings (SSSR count). The highest BCUT2D eigenvalue weighted by Gasteiger charge is 2.19. The van der Waals surface area contributed by atoms with Crippen LogP contribution in [-0.2, 0) is 10.1 Å². The lowest BCUT2D eigenvalue weighted by Crippen LogP contribution is -2.11. The number of phenols is 1. The Balaban J connectivity index is 2.02. The molecule has 0 spiro atoms. The average molecular weight is 372 g/mol. The van der Waals surface area contributed by atoms with Crippen molar-refractivity contribution in [2.75, 3.05) is 11.1 Å². The summed E-state index contributed by atoms with van der Waals surface area (Å²) < 4.78 is 32.3. The largest absolute Gasteiger partial charge is 0.507 e. The first-order valence-electron chi connectivity index (χ1n) is 7.57. The highest BCUT2D eigenvalue weighted by Crippen LogP contribution is 2.34. The molecule has 7 nitrogen and oxygen atoms in total. The van der Waals surface area contributed by atoms with Crippen LogP contribution in [0.4, 0.5) is 11.4 Å². The zero-order valence-corrected chi connectivity index (χ0v) is 14.5. The van der Waals surface area contributed by atoms with Crippen LogP contribution in [0.1, 0.15) is 15.9 Å². The van der Waals surface area contributed by atoms with Crippen molar-refractivity contribution in [1.82, 2.24) is 0 Å². The number of benzene rings is 3. The van der Waals surface area contributed by atoms with Gasteiger partial charge >= 0.3 is 0 Å². The molecular formula is C18H16N2O5S. The van der Waals surface area contributed by atoms with Gasteiger partial charge in [0.25, 0.3) is 16.0 Å². The van der Waals surface area contributed by atoms with Crippen molar-refractivity contribution in [3.63, 3.8) is 0 Å². The third-order valence-corrected chi connectivity index (χ3v) is 5.01. The van der Waals surface area contributed by atoms with Crippen molar-refractivity contribution >= 4 is 38.2 Å². The predicted octanol–water partition coefficient (Wildman–Crippen LogP) is 2.94. The molecule has 0 aromatic heterocycles. The molecule has 134 valence electrons. The highest BCUT2D eigenvalue weighted by atomic mass is 32.2. The molecule has 0 aliphatic carbocycles. The van der Waals surface area contributed by atoms with E-state index in [-0.39, 0.29) is 22.1 Å². The first kappa shape index (κ1) is 17.7. The van der Waals surface area contributed by atoms with E-state index in [9.17, 15) is 22.9 Å². The number of nitrogens with one attached hydrogen (secondary N) is 1. The van der Waals surface area contributed by atoms with Crippen molar-refractivity contribution in [1.29, 1.82) is 0 Å². The van der Waals surface area contributed by atoms with Crippen LogP contribution < -0.4 is 11.1 Å². The van der Waals surface area contributed by atoms with Gasteiger partial charge in [0.2, 0.25) is 0 Å². The van der Waals surface area contributed by atoms with Crippen LogP contribution >= 0.6 is 0 Å². The number of rotatable bonds is 3. The number of carbonyl (C=O) groups excluding carboxylic acids is 1. The highest BCUT2D eigenvalue weighted by molar-refractivity contribution is 7.85. The average Bonchev–Trinajstić information content (AvgIpc) is 2.57. The first-order chi connectivity index (χ1) is 12.2. The number of amides is 1. The maximum Gasteiger partial charge on any atom is 0.294 e. The van der Waals surface area contributed by atoms with E-state index in [4.69, 9.17) is 5.73 Å². The molecule has 0 aliphatic heterocycles. The van der Waals surface area contributed by atoms with Crippen molar-refractivity contribution in [3.05, 3.63) is 59.7 Å². The van der Waals surface area contributed by atoms with Crippen LogP contribution in [0.5, 0.6) is 5.75 Å². The molecule has 0 fully saturated rings. The number of anilines is 2. The van der Waals surface area contributed by atoms with E-state index in [0.29, 0.717) is 27.7 Å². The molecule has 3 aromatic rings. The molecule has 0 saturated carbocycles. The monoisotopic (exact) mass is 372 g/mol. The molecule has 0 aliphatic rings. The molecule has 8 heteroatoms. The maximum absolute atomic E-state index is 12.3. The van der Waals surface area contributed by atoms with Crippen LogP contribution in [0.2, 0.25) is 0 Å². The van der Waals surface area contributed by atoms with Gasteiger partial charge in [-0.2, -0.15) is 8.42 Å². The lowest BCUT2D eigenvalue weighted by molar-refractivity contribution is 0.102. The topological polar surface area (TPSA) is 130 Å². The number of phenolic OH excluding ortho intramolecular Hbond substituents is 1. The summed E-state index contributed by atoms with van der Waals surface area (Å²) in [7, 11) is -4.49. The second kappa shape index (κ2) is 6.32. The minimum Gasteiger partial charge on any atom is -0.507 e. The Morgan fingerprint density at radius 2 is 1.73 bits per heavy atom. The third-order valence-electron chi connectivity index (χ3n) is 4.03. The molecule has 0 radical (unpaired) electrons. The van der Waals surface area contributed by atoms with Crippen molar-refractivity contribution in [2.45, 2.75) is 11.8 Å². The Morgan fingerprint density at radius 1 is 1.08 bits per heavy atom. The number of aromatic hydroxyl groups is 1. The Morgan fingerprint density at radius 3 is 2.35 bits per heavy atom. The van der Waals surface area contributed by atoms with Gasteiger partial charge in [-0.3, -0.25) is 9.35 Å². The smallest absolute Gasteiger partial charge is 0.294 e. The quantitative estimate of drug-likeness (QED) is 0.413. The van der Waals surface area contributed by atoms with Gasteiger partial charge in [0.1, 0.15) is 10.6 Å². The molecule has 0 atom stereocenters. The summed E-state index contributed by atoms with van der Waals surface area (Å²) in [6.45, 7) is 1.40. The number of carbonyl (C=O) groups is 1. The summed E-state index contributed by atoms with van der Waals surface area (Å²) in [6, 6.07) is 12.3. The van der Waals surface area contributed by atoms with Gasteiger partial charge in [-0.1, -0.05) is 0 Å². The van der Waals surface area contributed by atoms with Crippen LogP contribution in [0.25, 0.3) is 10.8 Å². The lowest BCUT2D eigenvalue weighted by Gasteiger charge is -2.11. The predicted molar refractivity (Wildman–Crippen MR) is 99.0 cm³/mol. The van der Waals surface area contributed by atoms with Crippen molar-refractivity contribution in [3.8, 4) is 5.75 Å². The van der Waals surface area contributed by atoms with E-state index in [1.807, 2.05) is 0 Å². The summed E-state index contributed by atoms with van der Waals surface area (Å²) in [4.78, 5) is 11.9. The number of nitrogen functional groups attached to an aromatic ring is 1. The minimum absolute atomic E-state index is 0.0543. The van der Waals surface area contributed by atoms with E-state index in [1.54, 1.807) is 36.4 Å². The molecule has 3 aromatic carbocycles. The fourth-order valence-electron chi connectivity index (χ4n) is 2.65. The van der Waals surface area contributed by atoms with Gasteiger partial charge < -0.3 is 16.2 Å². The van der Waals surface area contributed by atoms with Crippen molar-refractivity contribution < 1.29 is 22.9 Å². The molecule has 0 heterocycles. The third kappa shape index (κ3) is 3.32. The molecule has 26 heavy (non-hydrogen) atoms. The minimum atomic E-state index is -4.49. The Hall–Kier alpha value is -3.10. The lowest BCUT2D eigenvalue weighted by atomic mass is 10.0. The zero-order valence-electron chi connectivity index (χ0n) is 13.7. The van der Waals surface area contributed by atoms with Gasteiger partial charge in [-0.25, -0.2) is 0 Å². The first-order valence-corrected chi connectivity index (χ1v) is 9.01.